The van der Waals surface area contributed by atoms with Crippen molar-refractivity contribution in [2.75, 3.05) is 26.2 Å². The summed E-state index contributed by atoms with van der Waals surface area (Å²) in [5.74, 6) is -0.730. The van der Waals surface area contributed by atoms with Crippen LogP contribution in [0.2, 0.25) is 5.02 Å². The Kier molecular flexibility index (Phi) is 5.97. The molecule has 0 aromatic heterocycles. The fraction of sp³-hybridized carbons (Fsp3) is 0.625. The number of nitrogens with zero attached hydrogens (tertiary/aromatic N) is 1. The summed E-state index contributed by atoms with van der Waals surface area (Å²) < 4.78 is 28.1. The molecule has 1 heterocycles. The molecule has 2 nitrogen and oxygen atoms in total. The normalized spacial score (nSPS) is 19.5. The van der Waals surface area contributed by atoms with Gasteiger partial charge in [0.2, 0.25) is 0 Å². The third-order valence-corrected chi connectivity index (χ3v) is 4.59. The van der Waals surface area contributed by atoms with Gasteiger partial charge >= 0.3 is 0 Å². The summed E-state index contributed by atoms with van der Waals surface area (Å²) in [6, 6.07) is 2.11. The highest BCUT2D eigenvalue weighted by molar-refractivity contribution is 6.31. The van der Waals surface area contributed by atoms with Gasteiger partial charge < -0.3 is 5.32 Å². The predicted molar refractivity (Wildman–Crippen MR) is 82.6 cm³/mol. The predicted octanol–water partition coefficient (Wildman–Crippen LogP) is 4.00. The zero-order chi connectivity index (χ0) is 15.4. The van der Waals surface area contributed by atoms with Gasteiger partial charge in [-0.15, -0.1) is 0 Å². The minimum absolute atomic E-state index is 0.0681. The molecule has 0 radical (unpaired) electrons. The van der Waals surface area contributed by atoms with Crippen LogP contribution in [0.4, 0.5) is 8.78 Å². The summed E-state index contributed by atoms with van der Waals surface area (Å²) in [5.41, 5.74) is 0.319. The minimum atomic E-state index is -0.545. The van der Waals surface area contributed by atoms with E-state index in [0.29, 0.717) is 5.56 Å². The molecule has 1 saturated heterocycles. The van der Waals surface area contributed by atoms with Crippen LogP contribution in [-0.2, 0) is 0 Å². The van der Waals surface area contributed by atoms with Crippen molar-refractivity contribution in [2.24, 2.45) is 5.92 Å². The third kappa shape index (κ3) is 3.74. The van der Waals surface area contributed by atoms with Crippen LogP contribution in [-0.4, -0.2) is 31.1 Å². The number of halogens is 3. The van der Waals surface area contributed by atoms with Crippen molar-refractivity contribution in [3.05, 3.63) is 34.4 Å². The Hall–Kier alpha value is -0.710. The van der Waals surface area contributed by atoms with Gasteiger partial charge in [-0.1, -0.05) is 31.9 Å². The van der Waals surface area contributed by atoms with E-state index in [9.17, 15) is 8.78 Å². The molecule has 1 unspecified atom stereocenters. The van der Waals surface area contributed by atoms with Gasteiger partial charge in [-0.2, -0.15) is 0 Å². The Morgan fingerprint density at radius 3 is 2.48 bits per heavy atom. The second-order valence-electron chi connectivity index (χ2n) is 5.75. The van der Waals surface area contributed by atoms with Gasteiger partial charge in [-0.05, 0) is 24.5 Å². The van der Waals surface area contributed by atoms with Crippen molar-refractivity contribution < 1.29 is 8.78 Å². The Bertz CT molecular complexity index is 476. The zero-order valence-corrected chi connectivity index (χ0v) is 13.4. The van der Waals surface area contributed by atoms with Crippen LogP contribution in [0.5, 0.6) is 0 Å². The average molecular weight is 317 g/mol. The van der Waals surface area contributed by atoms with Gasteiger partial charge in [-0.25, -0.2) is 8.78 Å². The van der Waals surface area contributed by atoms with Crippen molar-refractivity contribution in [3.63, 3.8) is 0 Å². The maximum Gasteiger partial charge on any atom is 0.142 e. The van der Waals surface area contributed by atoms with E-state index in [1.807, 2.05) is 0 Å². The third-order valence-electron chi connectivity index (χ3n) is 4.20. The highest BCUT2D eigenvalue weighted by Gasteiger charge is 2.31. The molecule has 1 fully saturated rings. The van der Waals surface area contributed by atoms with E-state index in [1.54, 1.807) is 0 Å². The molecule has 2 atom stereocenters. The lowest BCUT2D eigenvalue weighted by Crippen LogP contribution is -2.47. The monoisotopic (exact) mass is 316 g/mol. The summed E-state index contributed by atoms with van der Waals surface area (Å²) in [6.07, 6.45) is 1.97. The lowest BCUT2D eigenvalue weighted by molar-refractivity contribution is 0.123. The molecule has 0 spiro atoms. The van der Waals surface area contributed by atoms with E-state index in [4.69, 9.17) is 11.6 Å². The fourth-order valence-corrected chi connectivity index (χ4v) is 3.48. The van der Waals surface area contributed by atoms with Crippen molar-refractivity contribution >= 4 is 11.6 Å². The number of piperazine rings is 1. The van der Waals surface area contributed by atoms with Crippen LogP contribution in [0.15, 0.2) is 12.1 Å². The Morgan fingerprint density at radius 2 is 1.86 bits per heavy atom. The summed E-state index contributed by atoms with van der Waals surface area (Å²) in [4.78, 5) is 2.22. The summed E-state index contributed by atoms with van der Waals surface area (Å²) in [5, 5.41) is 3.22. The second kappa shape index (κ2) is 7.52. The maximum atomic E-state index is 14.3. The van der Waals surface area contributed by atoms with E-state index in [2.05, 4.69) is 24.1 Å². The molecular weight excluding hydrogens is 294 g/mol. The molecule has 118 valence electrons. The standard InChI is InChI=1S/C16H23ClF2N2/c1-3-4-11(2)16(21-9-7-20-8-10-21)14-12(18)5-6-13(19)15(14)17/h5-6,11,16,20H,3-4,7-10H2,1-2H3/t11?,16-/m1/s1. The zero-order valence-electron chi connectivity index (χ0n) is 12.6. The molecule has 0 aliphatic carbocycles. The van der Waals surface area contributed by atoms with Crippen LogP contribution >= 0.6 is 11.6 Å². The smallest absolute Gasteiger partial charge is 0.142 e. The van der Waals surface area contributed by atoms with Gasteiger partial charge in [0.05, 0.1) is 5.02 Å². The topological polar surface area (TPSA) is 15.3 Å². The quantitative estimate of drug-likeness (QED) is 0.826. The van der Waals surface area contributed by atoms with Crippen molar-refractivity contribution in [1.82, 2.24) is 10.2 Å². The number of nitrogens with one attached hydrogen (secondary N) is 1. The largest absolute Gasteiger partial charge is 0.314 e. The molecule has 0 saturated carbocycles. The van der Waals surface area contributed by atoms with Crippen molar-refractivity contribution in [3.8, 4) is 0 Å². The summed E-state index contributed by atoms with van der Waals surface area (Å²) in [6.45, 7) is 7.58. The summed E-state index contributed by atoms with van der Waals surface area (Å²) >= 11 is 6.10. The first-order valence-corrected chi connectivity index (χ1v) is 8.02. The Morgan fingerprint density at radius 1 is 1.24 bits per heavy atom. The van der Waals surface area contributed by atoms with E-state index >= 15 is 0 Å². The average Bonchev–Trinajstić information content (AvgIpc) is 2.48. The first-order chi connectivity index (χ1) is 10.1. The number of rotatable bonds is 5. The molecule has 21 heavy (non-hydrogen) atoms. The van der Waals surface area contributed by atoms with E-state index in [0.717, 1.165) is 45.1 Å². The molecule has 2 rings (SSSR count). The lowest BCUT2D eigenvalue weighted by Gasteiger charge is -2.39. The molecule has 1 aliphatic heterocycles. The van der Waals surface area contributed by atoms with Gasteiger partial charge in [0, 0.05) is 37.8 Å². The molecule has 0 amide bonds. The van der Waals surface area contributed by atoms with Crippen LogP contribution < -0.4 is 5.32 Å². The number of hydrogen-bond donors (Lipinski definition) is 1. The van der Waals surface area contributed by atoms with Gasteiger partial charge in [-0.3, -0.25) is 4.90 Å². The molecular formula is C16H23ClF2N2. The maximum absolute atomic E-state index is 14.3. The summed E-state index contributed by atoms with van der Waals surface area (Å²) in [7, 11) is 0. The Balaban J connectivity index is 2.41. The fourth-order valence-electron chi connectivity index (χ4n) is 3.21. The van der Waals surface area contributed by atoms with Crippen molar-refractivity contribution in [1.29, 1.82) is 0 Å². The highest BCUT2D eigenvalue weighted by Crippen LogP contribution is 2.38. The Labute approximate surface area is 130 Å². The SMILES string of the molecule is CCCC(C)[C@H](c1c(F)ccc(F)c1Cl)N1CCNCC1. The number of hydrogen-bond acceptors (Lipinski definition) is 2. The lowest BCUT2D eigenvalue weighted by atomic mass is 9.88. The first-order valence-electron chi connectivity index (χ1n) is 7.64. The highest BCUT2D eigenvalue weighted by atomic mass is 35.5. The molecule has 1 aromatic carbocycles. The van der Waals surface area contributed by atoms with E-state index in [1.165, 1.54) is 6.07 Å². The van der Waals surface area contributed by atoms with Crippen LogP contribution in [0.25, 0.3) is 0 Å². The van der Waals surface area contributed by atoms with Crippen molar-refractivity contribution in [2.45, 2.75) is 32.7 Å². The first kappa shape index (κ1) is 16.7. The van der Waals surface area contributed by atoms with E-state index in [-0.39, 0.29) is 17.0 Å². The van der Waals surface area contributed by atoms with E-state index < -0.39 is 11.6 Å². The van der Waals surface area contributed by atoms with Gasteiger partial charge in [0.25, 0.3) is 0 Å². The molecule has 1 aromatic rings. The minimum Gasteiger partial charge on any atom is -0.314 e. The molecule has 1 aliphatic rings. The van der Waals surface area contributed by atoms with Crippen LogP contribution in [0.1, 0.15) is 38.3 Å². The molecule has 1 N–H and O–H groups in total. The van der Waals surface area contributed by atoms with Crippen LogP contribution in [0, 0.1) is 17.6 Å². The molecule has 0 bridgehead atoms. The molecule has 5 heteroatoms. The van der Waals surface area contributed by atoms with Gasteiger partial charge in [0.1, 0.15) is 11.6 Å². The second-order valence-corrected chi connectivity index (χ2v) is 6.13. The van der Waals surface area contributed by atoms with Gasteiger partial charge in [0.15, 0.2) is 0 Å². The number of benzene rings is 1. The van der Waals surface area contributed by atoms with Crippen LogP contribution in [0.3, 0.4) is 0 Å².